The van der Waals surface area contributed by atoms with E-state index in [2.05, 4.69) is 11.0 Å². The Balaban J connectivity index is 1.92. The molecule has 1 saturated heterocycles. The number of hydrogen-bond acceptors (Lipinski definition) is 6. The van der Waals surface area contributed by atoms with Crippen LogP contribution in [0, 0.1) is 0 Å². The third-order valence-electron chi connectivity index (χ3n) is 3.86. The van der Waals surface area contributed by atoms with Crippen molar-refractivity contribution in [3.8, 4) is 0 Å². The first kappa shape index (κ1) is 12.7. The summed E-state index contributed by atoms with van der Waals surface area (Å²) in [5.74, 6) is 0. The van der Waals surface area contributed by atoms with E-state index in [4.69, 9.17) is 14.9 Å². The molecule has 5 nitrogen and oxygen atoms in total. The lowest BCUT2D eigenvalue weighted by molar-refractivity contribution is 0.122. The minimum absolute atomic E-state index is 0.365. The van der Waals surface area contributed by atoms with Crippen LogP contribution >= 0.6 is 11.3 Å². The molecule has 0 spiro atoms. The number of ether oxygens (including phenoxy) is 1. The van der Waals surface area contributed by atoms with Crippen LogP contribution in [0.1, 0.15) is 0 Å². The van der Waals surface area contributed by atoms with Crippen molar-refractivity contribution >= 4 is 43.8 Å². The average Bonchev–Trinajstić information content (AvgIpc) is 2.90. The van der Waals surface area contributed by atoms with Crippen molar-refractivity contribution in [2.75, 3.05) is 36.9 Å². The molecule has 21 heavy (non-hydrogen) atoms. The first-order valence-corrected chi connectivity index (χ1v) is 7.68. The fourth-order valence-corrected chi connectivity index (χ4v) is 3.57. The van der Waals surface area contributed by atoms with Crippen LogP contribution in [0.4, 0.5) is 10.7 Å². The Morgan fingerprint density at radius 3 is 2.81 bits per heavy atom. The van der Waals surface area contributed by atoms with Gasteiger partial charge in [-0.05, 0) is 12.1 Å². The third-order valence-corrected chi connectivity index (χ3v) is 4.67. The highest BCUT2D eigenvalue weighted by Gasteiger charge is 2.15. The zero-order valence-electron chi connectivity index (χ0n) is 11.3. The Kier molecular flexibility index (Phi) is 2.87. The highest BCUT2D eigenvalue weighted by molar-refractivity contribution is 7.16. The number of nitrogens with two attached hydrogens (primary N) is 1. The number of benzene rings is 1. The molecule has 6 heteroatoms. The van der Waals surface area contributed by atoms with Crippen molar-refractivity contribution in [2.24, 2.45) is 0 Å². The summed E-state index contributed by atoms with van der Waals surface area (Å²) >= 11 is 1.37. The Morgan fingerprint density at radius 2 is 2.00 bits per heavy atom. The van der Waals surface area contributed by atoms with Crippen LogP contribution in [0.5, 0.6) is 0 Å². The van der Waals surface area contributed by atoms with E-state index in [0.717, 1.165) is 42.8 Å². The molecule has 0 radical (unpaired) electrons. The van der Waals surface area contributed by atoms with Crippen LogP contribution in [0.25, 0.3) is 21.7 Å². The normalized spacial score (nSPS) is 15.9. The largest absolute Gasteiger partial charge is 0.422 e. The van der Waals surface area contributed by atoms with Crippen molar-refractivity contribution in [1.29, 1.82) is 0 Å². The van der Waals surface area contributed by atoms with Crippen LogP contribution in [0.3, 0.4) is 0 Å². The maximum absolute atomic E-state index is 12.1. The van der Waals surface area contributed by atoms with Gasteiger partial charge in [-0.3, -0.25) is 0 Å². The van der Waals surface area contributed by atoms with E-state index in [1.165, 1.54) is 11.3 Å². The van der Waals surface area contributed by atoms with Crippen molar-refractivity contribution in [1.82, 2.24) is 0 Å². The zero-order valence-corrected chi connectivity index (χ0v) is 12.1. The summed E-state index contributed by atoms with van der Waals surface area (Å²) in [5, 5.41) is 4.72. The number of rotatable bonds is 1. The molecule has 3 heterocycles. The summed E-state index contributed by atoms with van der Waals surface area (Å²) in [7, 11) is 0. The first-order chi connectivity index (χ1) is 10.2. The van der Waals surface area contributed by atoms with Crippen LogP contribution in [0.15, 0.2) is 32.8 Å². The van der Waals surface area contributed by atoms with Crippen LogP contribution in [-0.2, 0) is 4.74 Å². The molecule has 0 bridgehead atoms. The standard InChI is InChI=1S/C15H14N2O3S/c16-14-13-11(8-21-14)10-2-1-9(7-12(10)20-15(13)18)17-3-5-19-6-4-17/h1-2,7-8H,3-6,16H2. The zero-order chi connectivity index (χ0) is 14.4. The van der Waals surface area contributed by atoms with E-state index in [9.17, 15) is 4.79 Å². The second kappa shape index (κ2) is 4.75. The molecule has 1 aliphatic heterocycles. The van der Waals surface area contributed by atoms with Gasteiger partial charge >= 0.3 is 5.63 Å². The molecule has 4 rings (SSSR count). The Hall–Kier alpha value is -2.05. The third kappa shape index (κ3) is 1.99. The summed E-state index contributed by atoms with van der Waals surface area (Å²) in [6.45, 7) is 3.15. The molecule has 2 N–H and O–H groups in total. The smallest absolute Gasteiger partial charge is 0.347 e. The fraction of sp³-hybridized carbons (Fsp3) is 0.267. The second-order valence-electron chi connectivity index (χ2n) is 5.06. The van der Waals surface area contributed by atoms with Crippen molar-refractivity contribution in [3.05, 3.63) is 34.0 Å². The lowest BCUT2D eigenvalue weighted by Gasteiger charge is -2.28. The molecule has 0 atom stereocenters. The van der Waals surface area contributed by atoms with E-state index in [1.54, 1.807) is 0 Å². The summed E-state index contributed by atoms with van der Waals surface area (Å²) in [6, 6.07) is 5.98. The van der Waals surface area contributed by atoms with Crippen molar-refractivity contribution in [2.45, 2.75) is 0 Å². The minimum Gasteiger partial charge on any atom is -0.422 e. The lowest BCUT2D eigenvalue weighted by Crippen LogP contribution is -2.36. The quantitative estimate of drug-likeness (QED) is 0.699. The van der Waals surface area contributed by atoms with Gasteiger partial charge in [0.05, 0.1) is 13.2 Å². The minimum atomic E-state index is -0.365. The first-order valence-electron chi connectivity index (χ1n) is 6.80. The van der Waals surface area contributed by atoms with Gasteiger partial charge in [-0.1, -0.05) is 0 Å². The average molecular weight is 302 g/mol. The van der Waals surface area contributed by atoms with Gasteiger partial charge in [0.2, 0.25) is 0 Å². The highest BCUT2D eigenvalue weighted by Crippen LogP contribution is 2.33. The second-order valence-corrected chi connectivity index (χ2v) is 5.97. The molecule has 1 aromatic carbocycles. The monoisotopic (exact) mass is 302 g/mol. The molecule has 3 aromatic rings. The van der Waals surface area contributed by atoms with Gasteiger partial charge in [0.1, 0.15) is 16.0 Å². The topological polar surface area (TPSA) is 68.7 Å². The molecular formula is C15H14N2O3S. The number of fused-ring (bicyclic) bond motifs is 3. The van der Waals surface area contributed by atoms with Gasteiger partial charge in [-0.25, -0.2) is 4.79 Å². The number of morpholine rings is 1. The maximum Gasteiger partial charge on any atom is 0.347 e. The Morgan fingerprint density at radius 1 is 1.19 bits per heavy atom. The molecule has 1 fully saturated rings. The van der Waals surface area contributed by atoms with E-state index in [1.807, 2.05) is 17.5 Å². The number of hydrogen-bond donors (Lipinski definition) is 1. The predicted octanol–water partition coefficient (Wildman–Crippen LogP) is 2.43. The van der Waals surface area contributed by atoms with Crippen LogP contribution < -0.4 is 16.3 Å². The molecule has 0 aliphatic carbocycles. The van der Waals surface area contributed by atoms with Gasteiger partial charge in [-0.2, -0.15) is 0 Å². The number of nitrogens with zero attached hydrogens (tertiary/aromatic N) is 1. The molecule has 2 aromatic heterocycles. The number of thiophene rings is 1. The van der Waals surface area contributed by atoms with Gasteiger partial charge in [0, 0.05) is 41.0 Å². The van der Waals surface area contributed by atoms with Gasteiger partial charge in [0.25, 0.3) is 0 Å². The summed E-state index contributed by atoms with van der Waals surface area (Å²) in [6.07, 6.45) is 0. The molecule has 1 aliphatic rings. The lowest BCUT2D eigenvalue weighted by atomic mass is 10.1. The van der Waals surface area contributed by atoms with Gasteiger partial charge < -0.3 is 19.8 Å². The predicted molar refractivity (Wildman–Crippen MR) is 85.3 cm³/mol. The van der Waals surface area contributed by atoms with E-state index in [0.29, 0.717) is 16.0 Å². The van der Waals surface area contributed by atoms with Crippen LogP contribution in [-0.4, -0.2) is 26.3 Å². The number of nitrogen functional groups attached to an aromatic ring is 1. The van der Waals surface area contributed by atoms with E-state index >= 15 is 0 Å². The highest BCUT2D eigenvalue weighted by atomic mass is 32.1. The molecule has 0 unspecified atom stereocenters. The molecule has 0 amide bonds. The van der Waals surface area contributed by atoms with Crippen LogP contribution in [0.2, 0.25) is 0 Å². The Bertz CT molecular complexity index is 878. The van der Waals surface area contributed by atoms with E-state index < -0.39 is 0 Å². The molecule has 108 valence electrons. The summed E-state index contributed by atoms with van der Waals surface area (Å²) < 4.78 is 10.8. The van der Waals surface area contributed by atoms with Crippen molar-refractivity contribution < 1.29 is 9.15 Å². The molecule has 0 saturated carbocycles. The van der Waals surface area contributed by atoms with E-state index in [-0.39, 0.29) is 5.63 Å². The SMILES string of the molecule is Nc1scc2c1c(=O)oc1cc(N3CCOCC3)ccc12. The van der Waals surface area contributed by atoms with Gasteiger partial charge in [0.15, 0.2) is 0 Å². The Labute approximate surface area is 124 Å². The number of anilines is 2. The molecular weight excluding hydrogens is 288 g/mol. The van der Waals surface area contributed by atoms with Gasteiger partial charge in [-0.15, -0.1) is 11.3 Å². The fourth-order valence-electron chi connectivity index (χ4n) is 2.77. The maximum atomic E-state index is 12.1. The summed E-state index contributed by atoms with van der Waals surface area (Å²) in [5.41, 5.74) is 7.14. The summed E-state index contributed by atoms with van der Waals surface area (Å²) in [4.78, 5) is 14.3. The van der Waals surface area contributed by atoms with Crippen molar-refractivity contribution in [3.63, 3.8) is 0 Å².